The van der Waals surface area contributed by atoms with Gasteiger partial charge >= 0.3 is 0 Å². The Bertz CT molecular complexity index is 621. The summed E-state index contributed by atoms with van der Waals surface area (Å²) >= 11 is 0. The minimum atomic E-state index is -0.773. The number of carbonyl (C=O) groups excluding carboxylic acids is 2. The van der Waals surface area contributed by atoms with E-state index in [4.69, 9.17) is 9.68 Å². The summed E-state index contributed by atoms with van der Waals surface area (Å²) in [5.41, 5.74) is -0.773. The molecule has 0 radical (unpaired) electrons. The fraction of sp³-hybridized carbons (Fsp3) is 0.533. The van der Waals surface area contributed by atoms with Crippen LogP contribution in [0.3, 0.4) is 0 Å². The molecule has 7 heteroatoms. The molecule has 2 amide bonds. The SMILES string of the molecule is CN1CCN(CC#N)[C@]2(CCN(C(=O)c3ccco3)C2)C1=O. The molecular formula is C15H18N4O3. The van der Waals surface area contributed by atoms with E-state index in [1.807, 2.05) is 4.90 Å². The van der Waals surface area contributed by atoms with Crippen molar-refractivity contribution < 1.29 is 14.0 Å². The van der Waals surface area contributed by atoms with E-state index in [1.165, 1.54) is 6.26 Å². The van der Waals surface area contributed by atoms with Crippen LogP contribution in [0.5, 0.6) is 0 Å². The lowest BCUT2D eigenvalue weighted by atomic mass is 9.91. The molecule has 0 aromatic carbocycles. The van der Waals surface area contributed by atoms with Crippen LogP contribution in [0.1, 0.15) is 17.0 Å². The molecule has 2 aliphatic heterocycles. The summed E-state index contributed by atoms with van der Waals surface area (Å²) in [4.78, 5) is 30.3. The molecule has 1 atom stereocenters. The second-order valence-corrected chi connectivity index (χ2v) is 5.79. The highest BCUT2D eigenvalue weighted by Crippen LogP contribution is 2.33. The summed E-state index contributed by atoms with van der Waals surface area (Å²) in [5, 5.41) is 9.03. The van der Waals surface area contributed by atoms with Crippen molar-refractivity contribution in [2.24, 2.45) is 0 Å². The smallest absolute Gasteiger partial charge is 0.289 e. The van der Waals surface area contributed by atoms with Gasteiger partial charge in [-0.2, -0.15) is 5.26 Å². The fourth-order valence-corrected chi connectivity index (χ4v) is 3.35. The summed E-state index contributed by atoms with van der Waals surface area (Å²) in [6.07, 6.45) is 2.00. The van der Waals surface area contributed by atoms with Crippen molar-refractivity contribution in [2.45, 2.75) is 12.0 Å². The van der Waals surface area contributed by atoms with Crippen LogP contribution < -0.4 is 0 Å². The van der Waals surface area contributed by atoms with E-state index in [0.29, 0.717) is 32.6 Å². The van der Waals surface area contributed by atoms with Crippen LogP contribution in [-0.4, -0.2) is 71.8 Å². The molecule has 0 N–H and O–H groups in total. The van der Waals surface area contributed by atoms with Crippen molar-refractivity contribution in [2.75, 3.05) is 39.8 Å². The highest BCUT2D eigenvalue weighted by Gasteiger charge is 2.53. The summed E-state index contributed by atoms with van der Waals surface area (Å²) < 4.78 is 5.15. The Hall–Kier alpha value is -2.33. The van der Waals surface area contributed by atoms with Crippen molar-refractivity contribution in [1.82, 2.24) is 14.7 Å². The standard InChI is InChI=1S/C15H18N4O3/c1-17-8-9-19(7-5-16)15(14(17)21)4-6-18(11-15)13(20)12-3-2-10-22-12/h2-3,10H,4,6-9,11H2,1H3/t15-/m0/s1. The molecule has 0 unspecified atom stereocenters. The largest absolute Gasteiger partial charge is 0.459 e. The van der Waals surface area contributed by atoms with Gasteiger partial charge in [-0.3, -0.25) is 14.5 Å². The van der Waals surface area contributed by atoms with Crippen LogP contribution >= 0.6 is 0 Å². The first-order chi connectivity index (χ1) is 10.6. The average Bonchev–Trinajstić information content (AvgIpc) is 3.18. The first-order valence-corrected chi connectivity index (χ1v) is 7.29. The second kappa shape index (κ2) is 5.46. The molecule has 0 aliphatic carbocycles. The maximum atomic E-state index is 12.7. The Morgan fingerprint density at radius 3 is 2.95 bits per heavy atom. The Labute approximate surface area is 128 Å². The Morgan fingerprint density at radius 1 is 1.45 bits per heavy atom. The third-order valence-electron chi connectivity index (χ3n) is 4.58. The zero-order valence-electron chi connectivity index (χ0n) is 12.5. The molecule has 3 rings (SSSR count). The van der Waals surface area contributed by atoms with Crippen molar-refractivity contribution >= 4 is 11.8 Å². The number of nitrogens with zero attached hydrogens (tertiary/aromatic N) is 4. The maximum absolute atomic E-state index is 12.7. The summed E-state index contributed by atoms with van der Waals surface area (Å²) in [7, 11) is 1.77. The van der Waals surface area contributed by atoms with Gasteiger partial charge in [0.1, 0.15) is 5.54 Å². The zero-order valence-corrected chi connectivity index (χ0v) is 12.5. The van der Waals surface area contributed by atoms with E-state index in [1.54, 1.807) is 29.0 Å². The predicted molar refractivity (Wildman–Crippen MR) is 76.8 cm³/mol. The first kappa shape index (κ1) is 14.6. The van der Waals surface area contributed by atoms with Gasteiger partial charge < -0.3 is 14.2 Å². The lowest BCUT2D eigenvalue weighted by Gasteiger charge is -2.45. The topological polar surface area (TPSA) is 80.8 Å². The van der Waals surface area contributed by atoms with Gasteiger partial charge in [0, 0.05) is 33.2 Å². The van der Waals surface area contributed by atoms with Gasteiger partial charge in [-0.1, -0.05) is 0 Å². The number of piperazine rings is 1. The van der Waals surface area contributed by atoms with Gasteiger partial charge in [-0.05, 0) is 18.6 Å². The molecular weight excluding hydrogens is 284 g/mol. The minimum absolute atomic E-state index is 0.0104. The molecule has 0 bridgehead atoms. The number of likely N-dealkylation sites (N-methyl/N-ethyl adjacent to an activating group) is 1. The van der Waals surface area contributed by atoms with Crippen molar-refractivity contribution in [3.05, 3.63) is 24.2 Å². The Morgan fingerprint density at radius 2 is 2.27 bits per heavy atom. The number of amides is 2. The number of hydrogen-bond donors (Lipinski definition) is 0. The third-order valence-corrected chi connectivity index (χ3v) is 4.58. The predicted octanol–water partition coefficient (Wildman–Crippen LogP) is 0.162. The number of rotatable bonds is 2. The molecule has 3 heterocycles. The van der Waals surface area contributed by atoms with Crippen LogP contribution in [-0.2, 0) is 4.79 Å². The van der Waals surface area contributed by atoms with E-state index in [0.717, 1.165) is 0 Å². The lowest BCUT2D eigenvalue weighted by Crippen LogP contribution is -2.66. The Kier molecular flexibility index (Phi) is 3.62. The number of hydrogen-bond acceptors (Lipinski definition) is 5. The molecule has 0 saturated carbocycles. The molecule has 1 spiro atoms. The molecule has 2 saturated heterocycles. The molecule has 7 nitrogen and oxygen atoms in total. The molecule has 1 aromatic rings. The number of furan rings is 1. The number of nitriles is 1. The van der Waals surface area contributed by atoms with E-state index in [-0.39, 0.29) is 24.1 Å². The first-order valence-electron chi connectivity index (χ1n) is 7.29. The zero-order chi connectivity index (χ0) is 15.7. The normalized spacial score (nSPS) is 25.7. The minimum Gasteiger partial charge on any atom is -0.459 e. The van der Waals surface area contributed by atoms with E-state index < -0.39 is 5.54 Å². The van der Waals surface area contributed by atoms with Gasteiger partial charge in [0.05, 0.1) is 18.9 Å². The molecule has 2 aliphatic rings. The highest BCUT2D eigenvalue weighted by atomic mass is 16.3. The fourth-order valence-electron chi connectivity index (χ4n) is 3.35. The molecule has 116 valence electrons. The van der Waals surface area contributed by atoms with E-state index in [9.17, 15) is 9.59 Å². The molecule has 2 fully saturated rings. The van der Waals surface area contributed by atoms with Gasteiger partial charge in [0.25, 0.3) is 5.91 Å². The second-order valence-electron chi connectivity index (χ2n) is 5.79. The number of likely N-dealkylation sites (tertiary alicyclic amines) is 1. The van der Waals surface area contributed by atoms with E-state index in [2.05, 4.69) is 6.07 Å². The summed E-state index contributed by atoms with van der Waals surface area (Å²) in [6, 6.07) is 5.42. The lowest BCUT2D eigenvalue weighted by molar-refractivity contribution is -0.148. The summed E-state index contributed by atoms with van der Waals surface area (Å²) in [5.74, 6) is 0.0593. The monoisotopic (exact) mass is 302 g/mol. The summed E-state index contributed by atoms with van der Waals surface area (Å²) in [6.45, 7) is 2.24. The highest BCUT2D eigenvalue weighted by molar-refractivity contribution is 5.94. The molecule has 22 heavy (non-hydrogen) atoms. The van der Waals surface area contributed by atoms with Crippen LogP contribution in [0.25, 0.3) is 0 Å². The van der Waals surface area contributed by atoms with Crippen molar-refractivity contribution in [3.63, 3.8) is 0 Å². The van der Waals surface area contributed by atoms with Crippen molar-refractivity contribution in [3.8, 4) is 6.07 Å². The average molecular weight is 302 g/mol. The van der Waals surface area contributed by atoms with Crippen LogP contribution in [0.15, 0.2) is 22.8 Å². The van der Waals surface area contributed by atoms with Crippen LogP contribution in [0.4, 0.5) is 0 Å². The van der Waals surface area contributed by atoms with E-state index >= 15 is 0 Å². The van der Waals surface area contributed by atoms with Crippen LogP contribution in [0, 0.1) is 11.3 Å². The van der Waals surface area contributed by atoms with Crippen molar-refractivity contribution in [1.29, 1.82) is 5.26 Å². The van der Waals surface area contributed by atoms with Crippen LogP contribution in [0.2, 0.25) is 0 Å². The van der Waals surface area contributed by atoms with Gasteiger partial charge in [-0.15, -0.1) is 0 Å². The third kappa shape index (κ3) is 2.16. The number of carbonyl (C=O) groups is 2. The van der Waals surface area contributed by atoms with Gasteiger partial charge in [-0.25, -0.2) is 0 Å². The quantitative estimate of drug-likeness (QED) is 0.727. The maximum Gasteiger partial charge on any atom is 0.289 e. The molecule has 1 aromatic heterocycles. The van der Waals surface area contributed by atoms with Gasteiger partial charge in [0.2, 0.25) is 5.91 Å². The Balaban J connectivity index is 1.84. The van der Waals surface area contributed by atoms with Gasteiger partial charge in [0.15, 0.2) is 5.76 Å².